The molecule has 0 saturated carbocycles. The lowest BCUT2D eigenvalue weighted by atomic mass is 10.2. The second-order valence-electron chi connectivity index (χ2n) is 4.28. The zero-order chi connectivity index (χ0) is 12.7. The van der Waals surface area contributed by atoms with Crippen LogP contribution in [0.3, 0.4) is 0 Å². The molecule has 0 aliphatic carbocycles. The fourth-order valence-electron chi connectivity index (χ4n) is 2.21. The van der Waals surface area contributed by atoms with Crippen molar-refractivity contribution in [1.82, 2.24) is 9.97 Å². The number of benzene rings is 1. The van der Waals surface area contributed by atoms with Crippen LogP contribution in [0.25, 0.3) is 11.0 Å². The van der Waals surface area contributed by atoms with Gasteiger partial charge in [0.15, 0.2) is 0 Å². The molecule has 2 aromatic rings. The van der Waals surface area contributed by atoms with Crippen molar-refractivity contribution in [1.29, 1.82) is 0 Å². The van der Waals surface area contributed by atoms with E-state index in [1.54, 1.807) is 11.8 Å². The minimum Gasteiger partial charge on any atom is -0.478 e. The summed E-state index contributed by atoms with van der Waals surface area (Å²) in [5.74, 6) is 0.119. The molecule has 0 bridgehead atoms. The first-order chi connectivity index (χ1) is 8.65. The number of H-pyrrole nitrogens is 1. The maximum atomic E-state index is 13.3. The van der Waals surface area contributed by atoms with Gasteiger partial charge in [-0.1, -0.05) is 0 Å². The average Bonchev–Trinajstić information content (AvgIpc) is 2.95. The van der Waals surface area contributed by atoms with Crippen molar-refractivity contribution in [3.05, 3.63) is 29.3 Å². The van der Waals surface area contributed by atoms with Gasteiger partial charge in [0.2, 0.25) is 0 Å². The summed E-state index contributed by atoms with van der Waals surface area (Å²) in [4.78, 5) is 18.4. The third-order valence-corrected chi connectivity index (χ3v) is 4.42. The molecule has 1 aromatic heterocycles. The van der Waals surface area contributed by atoms with E-state index in [9.17, 15) is 9.18 Å². The summed E-state index contributed by atoms with van der Waals surface area (Å²) in [6.07, 6.45) is 2.15. The van der Waals surface area contributed by atoms with Crippen molar-refractivity contribution in [2.75, 3.05) is 5.75 Å². The largest absolute Gasteiger partial charge is 0.478 e. The molecule has 1 aliphatic heterocycles. The molecule has 1 aliphatic rings. The number of nitrogens with one attached hydrogen (secondary N) is 1. The minimum absolute atomic E-state index is 0.0875. The molecular weight excluding hydrogens is 255 g/mol. The molecule has 94 valence electrons. The molecule has 0 radical (unpaired) electrons. The van der Waals surface area contributed by atoms with E-state index in [4.69, 9.17) is 5.11 Å². The number of carbonyl (C=O) groups is 1. The number of halogens is 1. The number of hydrogen-bond acceptors (Lipinski definition) is 3. The van der Waals surface area contributed by atoms with Crippen molar-refractivity contribution in [3.63, 3.8) is 0 Å². The summed E-state index contributed by atoms with van der Waals surface area (Å²) < 4.78 is 13.3. The fraction of sp³-hybridized carbons (Fsp3) is 0.333. The van der Waals surface area contributed by atoms with Crippen LogP contribution >= 0.6 is 11.8 Å². The third kappa shape index (κ3) is 1.86. The molecule has 0 spiro atoms. The zero-order valence-electron chi connectivity index (χ0n) is 9.44. The standard InChI is InChI=1S/C12H11FN2O2S/c13-6-4-7(12(16)17)10-8(5-6)14-11(15-10)9-2-1-3-18-9/h4-5,9H,1-3H2,(H,14,15)(H,16,17). The van der Waals surface area contributed by atoms with Crippen LogP contribution in [0.5, 0.6) is 0 Å². The number of fused-ring (bicyclic) bond motifs is 1. The molecule has 1 unspecified atom stereocenters. The van der Waals surface area contributed by atoms with Crippen LogP contribution < -0.4 is 0 Å². The number of carboxylic acids is 1. The smallest absolute Gasteiger partial charge is 0.338 e. The average molecular weight is 266 g/mol. The van der Waals surface area contributed by atoms with E-state index in [-0.39, 0.29) is 10.8 Å². The van der Waals surface area contributed by atoms with E-state index in [1.165, 1.54) is 6.07 Å². The summed E-state index contributed by atoms with van der Waals surface area (Å²) in [5.41, 5.74) is 0.705. The lowest BCUT2D eigenvalue weighted by Crippen LogP contribution is -1.98. The molecule has 2 heterocycles. The van der Waals surface area contributed by atoms with Crippen molar-refractivity contribution < 1.29 is 14.3 Å². The van der Waals surface area contributed by atoms with Crippen LogP contribution in [0, 0.1) is 5.82 Å². The van der Waals surface area contributed by atoms with Crippen molar-refractivity contribution in [2.24, 2.45) is 0 Å². The molecule has 0 amide bonds. The third-order valence-electron chi connectivity index (χ3n) is 3.03. The Bertz CT molecular complexity index is 620. The monoisotopic (exact) mass is 266 g/mol. The summed E-state index contributed by atoms with van der Waals surface area (Å²) in [7, 11) is 0. The number of hydrogen-bond donors (Lipinski definition) is 2. The molecule has 1 atom stereocenters. The Morgan fingerprint density at radius 3 is 3.06 bits per heavy atom. The van der Waals surface area contributed by atoms with E-state index in [0.717, 1.165) is 30.5 Å². The number of aromatic nitrogens is 2. The maximum absolute atomic E-state index is 13.3. The topological polar surface area (TPSA) is 66.0 Å². The van der Waals surface area contributed by atoms with Gasteiger partial charge < -0.3 is 10.1 Å². The Hall–Kier alpha value is -1.56. The van der Waals surface area contributed by atoms with Gasteiger partial charge in [-0.3, -0.25) is 0 Å². The lowest BCUT2D eigenvalue weighted by molar-refractivity contribution is 0.0698. The highest BCUT2D eigenvalue weighted by molar-refractivity contribution is 7.99. The first kappa shape index (κ1) is 11.5. The van der Waals surface area contributed by atoms with Gasteiger partial charge >= 0.3 is 5.97 Å². The first-order valence-corrected chi connectivity index (χ1v) is 6.74. The Kier molecular flexibility index (Phi) is 2.74. The SMILES string of the molecule is O=C(O)c1cc(F)cc2[nH]c(C3CCCS3)nc12. The van der Waals surface area contributed by atoms with Crippen LogP contribution in [0.15, 0.2) is 12.1 Å². The van der Waals surface area contributed by atoms with E-state index in [0.29, 0.717) is 11.0 Å². The number of imidazole rings is 1. The summed E-state index contributed by atoms with van der Waals surface area (Å²) in [6, 6.07) is 2.30. The van der Waals surface area contributed by atoms with Gasteiger partial charge in [0.05, 0.1) is 16.3 Å². The second kappa shape index (κ2) is 4.28. The number of aromatic carboxylic acids is 1. The van der Waals surface area contributed by atoms with Gasteiger partial charge in [-0.15, -0.1) is 0 Å². The van der Waals surface area contributed by atoms with Gasteiger partial charge in [-0.2, -0.15) is 11.8 Å². The van der Waals surface area contributed by atoms with Crippen molar-refractivity contribution in [2.45, 2.75) is 18.1 Å². The molecule has 1 aromatic carbocycles. The van der Waals surface area contributed by atoms with Gasteiger partial charge in [0.1, 0.15) is 17.2 Å². The quantitative estimate of drug-likeness (QED) is 0.877. The highest BCUT2D eigenvalue weighted by Gasteiger charge is 2.23. The number of nitrogens with zero attached hydrogens (tertiary/aromatic N) is 1. The Labute approximate surface area is 107 Å². The van der Waals surface area contributed by atoms with Crippen LogP contribution in [-0.2, 0) is 0 Å². The van der Waals surface area contributed by atoms with Crippen LogP contribution in [0.1, 0.15) is 34.3 Å². The van der Waals surface area contributed by atoms with E-state index >= 15 is 0 Å². The lowest BCUT2D eigenvalue weighted by Gasteiger charge is -2.02. The minimum atomic E-state index is -1.16. The predicted molar refractivity (Wildman–Crippen MR) is 67.4 cm³/mol. The second-order valence-corrected chi connectivity index (χ2v) is 5.59. The van der Waals surface area contributed by atoms with Gasteiger partial charge in [0.25, 0.3) is 0 Å². The maximum Gasteiger partial charge on any atom is 0.338 e. The molecule has 1 saturated heterocycles. The fourth-order valence-corrected chi connectivity index (χ4v) is 3.43. The van der Waals surface area contributed by atoms with Crippen molar-refractivity contribution >= 4 is 28.8 Å². The van der Waals surface area contributed by atoms with Gasteiger partial charge in [-0.05, 0) is 30.7 Å². The van der Waals surface area contributed by atoms with E-state index in [2.05, 4.69) is 9.97 Å². The Morgan fingerprint density at radius 1 is 1.56 bits per heavy atom. The van der Waals surface area contributed by atoms with Gasteiger partial charge in [-0.25, -0.2) is 14.2 Å². The van der Waals surface area contributed by atoms with Crippen LogP contribution in [0.2, 0.25) is 0 Å². The summed E-state index contributed by atoms with van der Waals surface area (Å²) in [6.45, 7) is 0. The number of aromatic amines is 1. The predicted octanol–water partition coefficient (Wildman–Crippen LogP) is 2.97. The number of carboxylic acid groups (broad SMARTS) is 1. The molecule has 6 heteroatoms. The normalized spacial score (nSPS) is 19.5. The zero-order valence-corrected chi connectivity index (χ0v) is 10.3. The molecule has 3 rings (SSSR count). The number of thioether (sulfide) groups is 1. The van der Waals surface area contributed by atoms with E-state index in [1.807, 2.05) is 0 Å². The Morgan fingerprint density at radius 2 is 2.39 bits per heavy atom. The molecule has 1 fully saturated rings. The van der Waals surface area contributed by atoms with E-state index < -0.39 is 11.8 Å². The number of rotatable bonds is 2. The van der Waals surface area contributed by atoms with Crippen LogP contribution in [-0.4, -0.2) is 26.8 Å². The summed E-state index contributed by atoms with van der Waals surface area (Å²) in [5, 5.41) is 9.32. The molecule has 4 nitrogen and oxygen atoms in total. The Balaban J connectivity index is 2.15. The van der Waals surface area contributed by atoms with Gasteiger partial charge in [0, 0.05) is 0 Å². The molecule has 18 heavy (non-hydrogen) atoms. The molecular formula is C12H11FN2O2S. The molecule has 2 N–H and O–H groups in total. The summed E-state index contributed by atoms with van der Waals surface area (Å²) >= 11 is 1.79. The highest BCUT2D eigenvalue weighted by Crippen LogP contribution is 2.39. The van der Waals surface area contributed by atoms with Crippen molar-refractivity contribution in [3.8, 4) is 0 Å². The first-order valence-electron chi connectivity index (χ1n) is 5.69. The highest BCUT2D eigenvalue weighted by atomic mass is 32.2. The van der Waals surface area contributed by atoms with Crippen LogP contribution in [0.4, 0.5) is 4.39 Å².